The van der Waals surface area contributed by atoms with Gasteiger partial charge in [-0.1, -0.05) is 12.1 Å². The second-order valence-corrected chi connectivity index (χ2v) is 3.31. The van der Waals surface area contributed by atoms with Gasteiger partial charge < -0.3 is 9.52 Å². The molecular formula is C11H10O3. The van der Waals surface area contributed by atoms with Gasteiger partial charge in [0, 0.05) is 0 Å². The standard InChI is InChI=1S/C11H10O3/c1-6-4-3-5-8-9(6)10(12)7(2)11(13)14-8/h3-5,12H,1-2H3. The van der Waals surface area contributed by atoms with Gasteiger partial charge in [-0.05, 0) is 25.5 Å². The quantitative estimate of drug-likeness (QED) is 0.647. The molecule has 0 radical (unpaired) electrons. The minimum Gasteiger partial charge on any atom is -0.507 e. The normalized spacial score (nSPS) is 10.7. The van der Waals surface area contributed by atoms with Crippen molar-refractivity contribution in [2.75, 3.05) is 0 Å². The van der Waals surface area contributed by atoms with Gasteiger partial charge in [0.25, 0.3) is 0 Å². The third-order valence-corrected chi connectivity index (χ3v) is 2.34. The lowest BCUT2D eigenvalue weighted by Crippen LogP contribution is -2.03. The maximum absolute atomic E-state index is 11.2. The first-order chi connectivity index (χ1) is 6.61. The fraction of sp³-hybridized carbons (Fsp3) is 0.182. The van der Waals surface area contributed by atoms with Gasteiger partial charge in [0.05, 0.1) is 10.9 Å². The third kappa shape index (κ3) is 1.09. The molecule has 0 amide bonds. The van der Waals surface area contributed by atoms with E-state index in [4.69, 9.17) is 4.42 Å². The zero-order chi connectivity index (χ0) is 10.3. The van der Waals surface area contributed by atoms with Crippen LogP contribution in [0.15, 0.2) is 27.4 Å². The van der Waals surface area contributed by atoms with Crippen molar-refractivity contribution in [3.05, 3.63) is 39.7 Å². The molecule has 0 spiro atoms. The van der Waals surface area contributed by atoms with Crippen molar-refractivity contribution >= 4 is 11.0 Å². The Hall–Kier alpha value is -1.77. The van der Waals surface area contributed by atoms with E-state index in [-0.39, 0.29) is 11.3 Å². The molecule has 1 aromatic heterocycles. The molecule has 1 N–H and O–H groups in total. The van der Waals surface area contributed by atoms with Crippen molar-refractivity contribution < 1.29 is 9.52 Å². The highest BCUT2D eigenvalue weighted by molar-refractivity contribution is 5.87. The predicted octanol–water partition coefficient (Wildman–Crippen LogP) is 2.12. The summed E-state index contributed by atoms with van der Waals surface area (Å²) in [7, 11) is 0. The topological polar surface area (TPSA) is 50.4 Å². The summed E-state index contributed by atoms with van der Waals surface area (Å²) in [5, 5.41) is 10.4. The summed E-state index contributed by atoms with van der Waals surface area (Å²) in [4.78, 5) is 11.2. The van der Waals surface area contributed by atoms with Crippen molar-refractivity contribution in [2.24, 2.45) is 0 Å². The summed E-state index contributed by atoms with van der Waals surface area (Å²) < 4.78 is 5.04. The molecule has 14 heavy (non-hydrogen) atoms. The number of aryl methyl sites for hydroxylation is 1. The van der Waals surface area contributed by atoms with Crippen LogP contribution in [0, 0.1) is 13.8 Å². The number of hydrogen-bond donors (Lipinski definition) is 1. The summed E-state index contributed by atoms with van der Waals surface area (Å²) in [6.07, 6.45) is 0. The molecule has 0 saturated carbocycles. The Kier molecular flexibility index (Phi) is 1.81. The lowest BCUT2D eigenvalue weighted by molar-refractivity contribution is 0.461. The second kappa shape index (κ2) is 2.87. The van der Waals surface area contributed by atoms with Crippen LogP contribution in [0.25, 0.3) is 11.0 Å². The van der Waals surface area contributed by atoms with Crippen LogP contribution < -0.4 is 5.63 Å². The highest BCUT2D eigenvalue weighted by Gasteiger charge is 2.10. The van der Waals surface area contributed by atoms with Gasteiger partial charge in [-0.15, -0.1) is 0 Å². The molecule has 0 atom stereocenters. The molecule has 0 bridgehead atoms. The summed E-state index contributed by atoms with van der Waals surface area (Å²) in [5.41, 5.74) is 1.09. The maximum Gasteiger partial charge on any atom is 0.342 e. The van der Waals surface area contributed by atoms with Gasteiger partial charge in [0.2, 0.25) is 0 Å². The Morgan fingerprint density at radius 2 is 2.00 bits per heavy atom. The monoisotopic (exact) mass is 190 g/mol. The largest absolute Gasteiger partial charge is 0.507 e. The van der Waals surface area contributed by atoms with Crippen molar-refractivity contribution in [3.8, 4) is 5.75 Å². The van der Waals surface area contributed by atoms with E-state index in [0.717, 1.165) is 5.56 Å². The predicted molar refractivity (Wildman–Crippen MR) is 53.6 cm³/mol. The smallest absolute Gasteiger partial charge is 0.342 e. The van der Waals surface area contributed by atoms with Gasteiger partial charge >= 0.3 is 5.63 Å². The van der Waals surface area contributed by atoms with Crippen molar-refractivity contribution in [3.63, 3.8) is 0 Å². The van der Waals surface area contributed by atoms with Gasteiger partial charge in [-0.3, -0.25) is 0 Å². The number of benzene rings is 1. The van der Waals surface area contributed by atoms with Gasteiger partial charge in [0.15, 0.2) is 0 Å². The Morgan fingerprint density at radius 1 is 1.29 bits per heavy atom. The zero-order valence-corrected chi connectivity index (χ0v) is 8.00. The van der Waals surface area contributed by atoms with Crippen LogP contribution in [0.1, 0.15) is 11.1 Å². The molecule has 0 aliphatic rings. The minimum atomic E-state index is -0.486. The average molecular weight is 190 g/mol. The van der Waals surface area contributed by atoms with E-state index in [1.54, 1.807) is 19.1 Å². The van der Waals surface area contributed by atoms with Gasteiger partial charge in [-0.25, -0.2) is 4.79 Å². The van der Waals surface area contributed by atoms with Crippen LogP contribution in [0.5, 0.6) is 5.75 Å². The van der Waals surface area contributed by atoms with Gasteiger partial charge in [-0.2, -0.15) is 0 Å². The highest BCUT2D eigenvalue weighted by Crippen LogP contribution is 2.28. The summed E-state index contributed by atoms with van der Waals surface area (Å²) in [6.45, 7) is 3.41. The van der Waals surface area contributed by atoms with E-state index in [1.165, 1.54) is 0 Å². The average Bonchev–Trinajstić information content (AvgIpc) is 2.14. The summed E-state index contributed by atoms with van der Waals surface area (Å²) in [6, 6.07) is 5.32. The molecule has 0 unspecified atom stereocenters. The first kappa shape index (κ1) is 8.81. The Morgan fingerprint density at radius 3 is 2.71 bits per heavy atom. The number of aromatic hydroxyl groups is 1. The lowest BCUT2D eigenvalue weighted by Gasteiger charge is -2.04. The molecule has 2 aromatic rings. The van der Waals surface area contributed by atoms with E-state index in [1.807, 2.05) is 13.0 Å². The molecule has 0 fully saturated rings. The first-order valence-electron chi connectivity index (χ1n) is 4.33. The number of rotatable bonds is 0. The van der Waals surface area contributed by atoms with E-state index < -0.39 is 5.63 Å². The SMILES string of the molecule is Cc1c(O)c2c(C)cccc2oc1=O. The van der Waals surface area contributed by atoms with E-state index in [0.29, 0.717) is 11.0 Å². The molecule has 3 nitrogen and oxygen atoms in total. The Bertz CT molecular complexity index is 552. The van der Waals surface area contributed by atoms with Crippen LogP contribution in [0.2, 0.25) is 0 Å². The number of hydrogen-bond acceptors (Lipinski definition) is 3. The second-order valence-electron chi connectivity index (χ2n) is 3.31. The van der Waals surface area contributed by atoms with E-state index in [2.05, 4.69) is 0 Å². The highest BCUT2D eigenvalue weighted by atomic mass is 16.4. The molecule has 0 aliphatic heterocycles. The summed E-state index contributed by atoms with van der Waals surface area (Å²) in [5.74, 6) is 0.0225. The van der Waals surface area contributed by atoms with Crippen molar-refractivity contribution in [2.45, 2.75) is 13.8 Å². The fourth-order valence-corrected chi connectivity index (χ4v) is 1.49. The molecular weight excluding hydrogens is 180 g/mol. The van der Waals surface area contributed by atoms with E-state index in [9.17, 15) is 9.90 Å². The number of fused-ring (bicyclic) bond motifs is 1. The van der Waals surface area contributed by atoms with Crippen LogP contribution in [0.4, 0.5) is 0 Å². The zero-order valence-electron chi connectivity index (χ0n) is 8.00. The molecule has 1 heterocycles. The van der Waals surface area contributed by atoms with Crippen LogP contribution in [-0.2, 0) is 0 Å². The fourth-order valence-electron chi connectivity index (χ4n) is 1.49. The molecule has 2 rings (SSSR count). The lowest BCUT2D eigenvalue weighted by atomic mass is 10.1. The minimum absolute atomic E-state index is 0.0225. The Labute approximate surface area is 80.6 Å². The molecule has 0 aliphatic carbocycles. The molecule has 72 valence electrons. The van der Waals surface area contributed by atoms with Crippen LogP contribution >= 0.6 is 0 Å². The van der Waals surface area contributed by atoms with Crippen molar-refractivity contribution in [1.82, 2.24) is 0 Å². The first-order valence-corrected chi connectivity index (χ1v) is 4.33. The molecule has 3 heteroatoms. The summed E-state index contributed by atoms with van der Waals surface area (Å²) >= 11 is 0. The van der Waals surface area contributed by atoms with Crippen molar-refractivity contribution in [1.29, 1.82) is 0 Å². The molecule has 0 saturated heterocycles. The van der Waals surface area contributed by atoms with E-state index >= 15 is 0 Å². The van der Waals surface area contributed by atoms with Crippen LogP contribution in [-0.4, -0.2) is 5.11 Å². The Balaban J connectivity index is 3.07. The molecule has 1 aromatic carbocycles. The van der Waals surface area contributed by atoms with Gasteiger partial charge in [0.1, 0.15) is 11.3 Å². The van der Waals surface area contributed by atoms with Crippen LogP contribution in [0.3, 0.4) is 0 Å². The third-order valence-electron chi connectivity index (χ3n) is 2.34. The maximum atomic E-state index is 11.2.